The van der Waals surface area contributed by atoms with Gasteiger partial charge in [0.2, 0.25) is 5.91 Å². The van der Waals surface area contributed by atoms with Crippen molar-refractivity contribution in [3.05, 3.63) is 54.0 Å². The fraction of sp³-hybridized carbons (Fsp3) is 0.273. The van der Waals surface area contributed by atoms with Crippen LogP contribution in [0.3, 0.4) is 0 Å². The Labute approximate surface area is 167 Å². The predicted molar refractivity (Wildman–Crippen MR) is 108 cm³/mol. The maximum absolute atomic E-state index is 13.9. The number of hydrogen-bond acceptors (Lipinski definition) is 5. The van der Waals surface area contributed by atoms with Crippen LogP contribution >= 0.6 is 0 Å². The van der Waals surface area contributed by atoms with Gasteiger partial charge in [0.15, 0.2) is 5.82 Å². The van der Waals surface area contributed by atoms with Crippen molar-refractivity contribution in [1.29, 1.82) is 5.41 Å². The van der Waals surface area contributed by atoms with E-state index in [1.165, 1.54) is 24.3 Å². The van der Waals surface area contributed by atoms with Crippen molar-refractivity contribution in [3.63, 3.8) is 0 Å². The Bertz CT molecular complexity index is 1110. The third kappa shape index (κ3) is 4.08. The number of amides is 1. The first-order valence-electron chi connectivity index (χ1n) is 9.56. The van der Waals surface area contributed by atoms with E-state index in [2.05, 4.69) is 15.3 Å². The van der Waals surface area contributed by atoms with Gasteiger partial charge in [0, 0.05) is 23.8 Å². The summed E-state index contributed by atoms with van der Waals surface area (Å²) in [5.74, 6) is -0.0549. The van der Waals surface area contributed by atoms with Crippen molar-refractivity contribution in [2.75, 3.05) is 0 Å². The zero-order chi connectivity index (χ0) is 20.5. The zero-order valence-electron chi connectivity index (χ0n) is 15.9. The van der Waals surface area contributed by atoms with Gasteiger partial charge in [-0.15, -0.1) is 0 Å². The van der Waals surface area contributed by atoms with Crippen molar-refractivity contribution < 1.29 is 14.3 Å². The number of nitrogens with zero attached hydrogens (tertiary/aromatic N) is 2. The molecule has 0 saturated heterocycles. The molecule has 4 rings (SSSR count). The summed E-state index contributed by atoms with van der Waals surface area (Å²) < 4.78 is 13.9. The molecule has 1 saturated carbocycles. The standard InChI is InChI=1S/C22H21FN4O2/c1-12(25-22(29)13-6-7-13)10-17(24)20-16-11-14(23)8-9-18(16)26-21(27-20)15-4-2-3-5-19(15)28/h2-5,8-9,11-13,24,28H,6-7,10H2,1H3,(H,25,29)/t12-/m1/s1. The summed E-state index contributed by atoms with van der Waals surface area (Å²) in [6, 6.07) is 10.6. The highest BCUT2D eigenvalue weighted by Gasteiger charge is 2.30. The van der Waals surface area contributed by atoms with Gasteiger partial charge in [-0.3, -0.25) is 4.79 Å². The predicted octanol–water partition coefficient (Wildman–Crippen LogP) is 3.81. The Morgan fingerprint density at radius 2 is 2.03 bits per heavy atom. The first-order valence-corrected chi connectivity index (χ1v) is 9.56. The third-order valence-electron chi connectivity index (χ3n) is 4.94. The fourth-order valence-electron chi connectivity index (χ4n) is 3.27. The second kappa shape index (κ2) is 7.58. The molecule has 1 aliphatic rings. The summed E-state index contributed by atoms with van der Waals surface area (Å²) >= 11 is 0. The number of phenolic OH excluding ortho intramolecular Hbond substituents is 1. The van der Waals surface area contributed by atoms with Crippen LogP contribution in [0.2, 0.25) is 0 Å². The van der Waals surface area contributed by atoms with Crippen LogP contribution < -0.4 is 5.32 Å². The van der Waals surface area contributed by atoms with Crippen LogP contribution in [0.1, 0.15) is 31.9 Å². The topological polar surface area (TPSA) is 99.0 Å². The molecule has 7 heteroatoms. The lowest BCUT2D eigenvalue weighted by molar-refractivity contribution is -0.122. The maximum atomic E-state index is 13.9. The number of rotatable bonds is 6. The number of nitrogens with one attached hydrogen (secondary N) is 2. The average Bonchev–Trinajstić information content (AvgIpc) is 3.53. The molecule has 1 fully saturated rings. The molecule has 29 heavy (non-hydrogen) atoms. The molecule has 0 radical (unpaired) electrons. The Balaban J connectivity index is 1.71. The average molecular weight is 392 g/mol. The molecule has 0 spiro atoms. The molecule has 1 aliphatic carbocycles. The van der Waals surface area contributed by atoms with Gasteiger partial charge in [0.25, 0.3) is 0 Å². The molecule has 2 aromatic carbocycles. The molecule has 1 atom stereocenters. The summed E-state index contributed by atoms with van der Waals surface area (Å²) in [4.78, 5) is 20.9. The summed E-state index contributed by atoms with van der Waals surface area (Å²) in [5.41, 5.74) is 1.38. The second-order valence-corrected chi connectivity index (χ2v) is 7.44. The van der Waals surface area contributed by atoms with E-state index in [0.29, 0.717) is 22.2 Å². The van der Waals surface area contributed by atoms with Gasteiger partial charge in [-0.05, 0) is 50.1 Å². The van der Waals surface area contributed by atoms with Crippen molar-refractivity contribution in [2.24, 2.45) is 5.92 Å². The van der Waals surface area contributed by atoms with Crippen LogP contribution in [0.5, 0.6) is 5.75 Å². The number of benzene rings is 2. The number of carbonyl (C=O) groups excluding carboxylic acids is 1. The van der Waals surface area contributed by atoms with Crippen LogP contribution in [-0.2, 0) is 4.79 Å². The van der Waals surface area contributed by atoms with Crippen molar-refractivity contribution in [2.45, 2.75) is 32.2 Å². The molecule has 1 aromatic heterocycles. The largest absolute Gasteiger partial charge is 0.507 e. The number of aromatic hydroxyl groups is 1. The summed E-state index contributed by atoms with van der Waals surface area (Å²) in [7, 11) is 0. The van der Waals surface area contributed by atoms with Gasteiger partial charge in [-0.2, -0.15) is 0 Å². The number of fused-ring (bicyclic) bond motifs is 1. The van der Waals surface area contributed by atoms with Gasteiger partial charge >= 0.3 is 0 Å². The molecule has 3 aromatic rings. The molecule has 1 amide bonds. The number of carbonyl (C=O) groups is 1. The van der Waals surface area contributed by atoms with E-state index in [0.717, 1.165) is 12.8 Å². The van der Waals surface area contributed by atoms with Crippen LogP contribution in [0, 0.1) is 17.1 Å². The van der Waals surface area contributed by atoms with Crippen LogP contribution in [-0.4, -0.2) is 32.7 Å². The van der Waals surface area contributed by atoms with E-state index >= 15 is 0 Å². The molecule has 0 unspecified atom stereocenters. The highest BCUT2D eigenvalue weighted by Crippen LogP contribution is 2.30. The molecule has 0 bridgehead atoms. The van der Waals surface area contributed by atoms with E-state index in [4.69, 9.17) is 5.41 Å². The van der Waals surface area contributed by atoms with Crippen LogP contribution in [0.25, 0.3) is 22.3 Å². The maximum Gasteiger partial charge on any atom is 0.223 e. The number of phenols is 1. The summed E-state index contributed by atoms with van der Waals surface area (Å²) in [6.07, 6.45) is 2.08. The van der Waals surface area contributed by atoms with Crippen LogP contribution in [0.15, 0.2) is 42.5 Å². The highest BCUT2D eigenvalue weighted by atomic mass is 19.1. The Morgan fingerprint density at radius 1 is 1.28 bits per heavy atom. The monoisotopic (exact) mass is 392 g/mol. The van der Waals surface area contributed by atoms with Crippen LogP contribution in [0.4, 0.5) is 4.39 Å². The van der Waals surface area contributed by atoms with Crippen molar-refractivity contribution >= 4 is 22.5 Å². The van der Waals surface area contributed by atoms with Crippen molar-refractivity contribution in [1.82, 2.24) is 15.3 Å². The lowest BCUT2D eigenvalue weighted by atomic mass is 10.0. The number of hydrogen-bond donors (Lipinski definition) is 3. The van der Waals surface area contributed by atoms with Gasteiger partial charge in [-0.25, -0.2) is 14.4 Å². The number of para-hydroxylation sites is 1. The minimum Gasteiger partial charge on any atom is -0.507 e. The number of halogens is 1. The molecule has 0 aliphatic heterocycles. The number of aromatic nitrogens is 2. The zero-order valence-corrected chi connectivity index (χ0v) is 15.9. The third-order valence-corrected chi connectivity index (χ3v) is 4.94. The quantitative estimate of drug-likeness (QED) is 0.556. The van der Waals surface area contributed by atoms with E-state index in [1.54, 1.807) is 18.2 Å². The Hall–Kier alpha value is -3.35. The first-order chi connectivity index (χ1) is 13.9. The van der Waals surface area contributed by atoms with E-state index in [1.807, 2.05) is 6.92 Å². The Kier molecular flexibility index (Phi) is 4.96. The molecule has 3 N–H and O–H groups in total. The normalized spacial score (nSPS) is 14.6. The molecule has 6 nitrogen and oxygen atoms in total. The van der Waals surface area contributed by atoms with E-state index in [9.17, 15) is 14.3 Å². The summed E-state index contributed by atoms with van der Waals surface area (Å²) in [5, 5.41) is 22.1. The van der Waals surface area contributed by atoms with E-state index in [-0.39, 0.29) is 41.6 Å². The Morgan fingerprint density at radius 3 is 2.76 bits per heavy atom. The highest BCUT2D eigenvalue weighted by molar-refractivity contribution is 6.07. The van der Waals surface area contributed by atoms with Gasteiger partial charge < -0.3 is 15.8 Å². The minimum absolute atomic E-state index is 0.0128. The smallest absolute Gasteiger partial charge is 0.223 e. The first kappa shape index (κ1) is 19.0. The summed E-state index contributed by atoms with van der Waals surface area (Å²) in [6.45, 7) is 1.84. The van der Waals surface area contributed by atoms with Gasteiger partial charge in [-0.1, -0.05) is 12.1 Å². The minimum atomic E-state index is -0.444. The van der Waals surface area contributed by atoms with Gasteiger partial charge in [0.05, 0.1) is 22.5 Å². The molecular formula is C22H21FN4O2. The lowest BCUT2D eigenvalue weighted by Crippen LogP contribution is -2.35. The second-order valence-electron chi connectivity index (χ2n) is 7.44. The lowest BCUT2D eigenvalue weighted by Gasteiger charge is -2.16. The molecule has 148 valence electrons. The van der Waals surface area contributed by atoms with Gasteiger partial charge in [0.1, 0.15) is 11.6 Å². The fourth-order valence-corrected chi connectivity index (χ4v) is 3.27. The molecular weight excluding hydrogens is 371 g/mol. The van der Waals surface area contributed by atoms with E-state index < -0.39 is 5.82 Å². The molecule has 1 heterocycles. The SMILES string of the molecule is C[C@H](CC(=N)c1nc(-c2ccccc2O)nc2ccc(F)cc12)NC(=O)C1CC1. The van der Waals surface area contributed by atoms with Crippen molar-refractivity contribution in [3.8, 4) is 17.1 Å².